The molecule has 8 nitrogen and oxygen atoms in total. The number of hydrogen-bond donors (Lipinski definition) is 0. The van der Waals surface area contributed by atoms with Gasteiger partial charge in [0.15, 0.2) is 5.84 Å². The van der Waals surface area contributed by atoms with Gasteiger partial charge >= 0.3 is 5.88 Å². The Labute approximate surface area is 129 Å². The second kappa shape index (κ2) is 4.73. The van der Waals surface area contributed by atoms with Crippen LogP contribution in [0.2, 0.25) is 0 Å². The number of carbonyl (C=O) groups excluding carboxylic acids is 1. The number of furan rings is 1. The Morgan fingerprint density at radius 2 is 2.04 bits per heavy atom. The molecule has 4 rings (SSSR count). The monoisotopic (exact) mass is 308 g/mol. The number of hydrogen-bond acceptors (Lipinski definition) is 6. The summed E-state index contributed by atoms with van der Waals surface area (Å²) in [5, 5.41) is 10.7. The fourth-order valence-corrected chi connectivity index (χ4v) is 2.41. The molecule has 23 heavy (non-hydrogen) atoms. The minimum Gasteiger partial charge on any atom is -0.401 e. The first-order chi connectivity index (χ1) is 11.1. The third-order valence-electron chi connectivity index (χ3n) is 3.44. The average molecular weight is 308 g/mol. The molecule has 1 aromatic heterocycles. The predicted octanol–water partition coefficient (Wildman–Crippen LogP) is 2.49. The summed E-state index contributed by atoms with van der Waals surface area (Å²) in [5.74, 6) is -0.167. The van der Waals surface area contributed by atoms with Crippen molar-refractivity contribution in [3.8, 4) is 0 Å². The Morgan fingerprint density at radius 1 is 1.22 bits per heavy atom. The number of amides is 1. The summed E-state index contributed by atoms with van der Waals surface area (Å²) in [7, 11) is 0. The van der Waals surface area contributed by atoms with Crippen LogP contribution in [0, 0.1) is 10.1 Å². The number of amidine groups is 1. The molecule has 0 spiro atoms. The summed E-state index contributed by atoms with van der Waals surface area (Å²) in [6.45, 7) is 0. The maximum atomic E-state index is 12.2. The highest BCUT2D eigenvalue weighted by Gasteiger charge is 2.33. The summed E-state index contributed by atoms with van der Waals surface area (Å²) in [6, 6.07) is 9.99. The Balaban J connectivity index is 1.75. The van der Waals surface area contributed by atoms with E-state index in [0.29, 0.717) is 5.84 Å². The van der Waals surface area contributed by atoms with Gasteiger partial charge in [-0.25, -0.2) is 4.99 Å². The van der Waals surface area contributed by atoms with Gasteiger partial charge in [0.1, 0.15) is 22.7 Å². The van der Waals surface area contributed by atoms with Gasteiger partial charge in [-0.15, -0.1) is 0 Å². The van der Waals surface area contributed by atoms with Gasteiger partial charge in [-0.2, -0.15) is 4.99 Å². The summed E-state index contributed by atoms with van der Waals surface area (Å²) < 4.78 is 5.05. The van der Waals surface area contributed by atoms with Crippen molar-refractivity contribution in [1.29, 1.82) is 0 Å². The standard InChI is InChI=1S/C15H8N4O4/c20-15-12(7-9-5-6-13(23-9)19(21)22)18-8-16-11-4-2-1-3-10(11)14(18)17-15/h1-8H/b12-7+. The number of carbonyl (C=O) groups is 1. The lowest BCUT2D eigenvalue weighted by molar-refractivity contribution is -0.402. The third-order valence-corrected chi connectivity index (χ3v) is 3.44. The van der Waals surface area contributed by atoms with Gasteiger partial charge in [0.05, 0.1) is 11.8 Å². The van der Waals surface area contributed by atoms with Crippen molar-refractivity contribution >= 4 is 35.7 Å². The Kier molecular flexibility index (Phi) is 2.70. The fourth-order valence-electron chi connectivity index (χ4n) is 2.41. The van der Waals surface area contributed by atoms with Crippen molar-refractivity contribution in [3.63, 3.8) is 0 Å². The molecule has 2 aliphatic rings. The van der Waals surface area contributed by atoms with E-state index in [9.17, 15) is 14.9 Å². The van der Waals surface area contributed by atoms with Gasteiger partial charge in [0, 0.05) is 11.6 Å². The number of para-hydroxylation sites is 1. The number of fused-ring (bicyclic) bond motifs is 3. The lowest BCUT2D eigenvalue weighted by Crippen LogP contribution is -2.28. The fraction of sp³-hybridized carbons (Fsp3) is 0. The highest BCUT2D eigenvalue weighted by molar-refractivity contribution is 6.25. The van der Waals surface area contributed by atoms with Crippen LogP contribution in [0.15, 0.2) is 56.5 Å². The van der Waals surface area contributed by atoms with Crippen LogP contribution in [-0.4, -0.2) is 27.9 Å². The number of benzene rings is 1. The number of rotatable bonds is 2. The molecule has 2 aromatic rings. The van der Waals surface area contributed by atoms with E-state index < -0.39 is 10.8 Å². The minimum absolute atomic E-state index is 0.198. The zero-order valence-electron chi connectivity index (χ0n) is 11.5. The molecule has 1 amide bonds. The summed E-state index contributed by atoms with van der Waals surface area (Å²) in [4.78, 5) is 32.0. The highest BCUT2D eigenvalue weighted by Crippen LogP contribution is 2.31. The quantitative estimate of drug-likeness (QED) is 0.482. The first kappa shape index (κ1) is 13.1. The first-order valence-corrected chi connectivity index (χ1v) is 6.65. The Hall–Kier alpha value is -3.55. The van der Waals surface area contributed by atoms with Gasteiger partial charge in [-0.1, -0.05) is 12.1 Å². The van der Waals surface area contributed by atoms with Crippen LogP contribution in [-0.2, 0) is 4.79 Å². The number of nitrogens with zero attached hydrogens (tertiary/aromatic N) is 4. The van der Waals surface area contributed by atoms with Crippen molar-refractivity contribution < 1.29 is 14.1 Å². The van der Waals surface area contributed by atoms with Gasteiger partial charge in [-0.05, 0) is 18.2 Å². The third kappa shape index (κ3) is 2.04. The second-order valence-electron chi connectivity index (χ2n) is 4.83. The molecule has 0 fully saturated rings. The van der Waals surface area contributed by atoms with E-state index in [0.717, 1.165) is 11.3 Å². The summed E-state index contributed by atoms with van der Waals surface area (Å²) in [5.41, 5.74) is 1.70. The zero-order valence-corrected chi connectivity index (χ0v) is 11.5. The van der Waals surface area contributed by atoms with Crippen LogP contribution in [0.4, 0.5) is 11.6 Å². The van der Waals surface area contributed by atoms with Crippen LogP contribution >= 0.6 is 0 Å². The van der Waals surface area contributed by atoms with Gasteiger partial charge < -0.3 is 4.42 Å². The van der Waals surface area contributed by atoms with Crippen molar-refractivity contribution in [3.05, 3.63) is 63.5 Å². The molecule has 112 valence electrons. The minimum atomic E-state index is -0.640. The van der Waals surface area contributed by atoms with Crippen molar-refractivity contribution in [1.82, 2.24) is 4.90 Å². The summed E-state index contributed by atoms with van der Waals surface area (Å²) >= 11 is 0. The van der Waals surface area contributed by atoms with Gasteiger partial charge in [-0.3, -0.25) is 19.8 Å². The normalized spacial score (nSPS) is 17.2. The van der Waals surface area contributed by atoms with Crippen molar-refractivity contribution in [2.45, 2.75) is 0 Å². The molecular formula is C15H8N4O4. The van der Waals surface area contributed by atoms with Crippen LogP contribution in [0.25, 0.3) is 6.08 Å². The van der Waals surface area contributed by atoms with E-state index in [4.69, 9.17) is 4.42 Å². The predicted molar refractivity (Wildman–Crippen MR) is 81.3 cm³/mol. The van der Waals surface area contributed by atoms with E-state index in [1.165, 1.54) is 24.5 Å². The molecule has 0 bridgehead atoms. The topological polar surface area (TPSA) is 101 Å². The van der Waals surface area contributed by atoms with E-state index in [1.807, 2.05) is 24.3 Å². The van der Waals surface area contributed by atoms with E-state index >= 15 is 0 Å². The largest absolute Gasteiger partial charge is 0.433 e. The molecule has 0 saturated heterocycles. The van der Waals surface area contributed by atoms with Crippen LogP contribution in [0.3, 0.4) is 0 Å². The van der Waals surface area contributed by atoms with E-state index in [-0.39, 0.29) is 17.3 Å². The zero-order chi connectivity index (χ0) is 16.0. The molecule has 0 unspecified atom stereocenters. The Morgan fingerprint density at radius 3 is 2.83 bits per heavy atom. The molecular weight excluding hydrogens is 300 g/mol. The van der Waals surface area contributed by atoms with Crippen LogP contribution < -0.4 is 0 Å². The number of nitro groups is 1. The van der Waals surface area contributed by atoms with E-state index in [1.54, 1.807) is 4.90 Å². The molecule has 8 heteroatoms. The SMILES string of the molecule is O=C1N=C2c3ccccc3N=CN2/C1=C/c1ccc([N+](=O)[O-])o1. The number of aliphatic imine (C=N–C) groups is 2. The highest BCUT2D eigenvalue weighted by atomic mass is 16.6. The molecule has 0 radical (unpaired) electrons. The molecule has 0 aliphatic carbocycles. The molecule has 0 atom stereocenters. The van der Waals surface area contributed by atoms with Crippen LogP contribution in [0.5, 0.6) is 0 Å². The molecule has 0 N–H and O–H groups in total. The lowest BCUT2D eigenvalue weighted by Gasteiger charge is -2.20. The molecule has 1 aromatic carbocycles. The van der Waals surface area contributed by atoms with Gasteiger partial charge in [0.2, 0.25) is 0 Å². The lowest BCUT2D eigenvalue weighted by atomic mass is 10.1. The Bertz CT molecular complexity index is 938. The summed E-state index contributed by atoms with van der Waals surface area (Å²) in [6.07, 6.45) is 2.90. The average Bonchev–Trinajstić information content (AvgIpc) is 3.13. The molecule has 0 saturated carbocycles. The maximum Gasteiger partial charge on any atom is 0.433 e. The van der Waals surface area contributed by atoms with Gasteiger partial charge in [0.25, 0.3) is 5.91 Å². The second-order valence-corrected chi connectivity index (χ2v) is 4.83. The molecule has 3 heterocycles. The molecule has 2 aliphatic heterocycles. The first-order valence-electron chi connectivity index (χ1n) is 6.65. The maximum absolute atomic E-state index is 12.2. The van der Waals surface area contributed by atoms with E-state index in [2.05, 4.69) is 9.98 Å². The smallest absolute Gasteiger partial charge is 0.401 e. The van der Waals surface area contributed by atoms with Crippen LogP contribution in [0.1, 0.15) is 11.3 Å². The van der Waals surface area contributed by atoms with Crippen molar-refractivity contribution in [2.75, 3.05) is 0 Å². The van der Waals surface area contributed by atoms with Crippen molar-refractivity contribution in [2.24, 2.45) is 9.98 Å².